The summed E-state index contributed by atoms with van der Waals surface area (Å²) in [5.74, 6) is 0. The lowest BCUT2D eigenvalue weighted by Gasteiger charge is -2.03. The van der Waals surface area contributed by atoms with Gasteiger partial charge in [-0.15, -0.1) is 0 Å². The van der Waals surface area contributed by atoms with E-state index in [4.69, 9.17) is 0 Å². The van der Waals surface area contributed by atoms with Gasteiger partial charge in [0.1, 0.15) is 0 Å². The molecule has 0 aliphatic carbocycles. The minimum atomic E-state index is 1.08. The SMILES string of the molecule is CCCc1ccc2cncc(Br)c2c1. The van der Waals surface area contributed by atoms with Crippen LogP contribution < -0.4 is 0 Å². The smallest absolute Gasteiger partial charge is 0.0437 e. The summed E-state index contributed by atoms with van der Waals surface area (Å²) in [6.45, 7) is 2.20. The molecule has 1 aromatic heterocycles. The van der Waals surface area contributed by atoms with Crippen LogP contribution in [0.25, 0.3) is 10.8 Å². The summed E-state index contributed by atoms with van der Waals surface area (Å²) in [4.78, 5) is 4.14. The molecule has 2 rings (SSSR count). The predicted octanol–water partition coefficient (Wildman–Crippen LogP) is 3.95. The first kappa shape index (κ1) is 9.66. The van der Waals surface area contributed by atoms with Gasteiger partial charge in [0, 0.05) is 22.3 Å². The average Bonchev–Trinajstić information content (AvgIpc) is 2.20. The third-order valence-corrected chi connectivity index (χ3v) is 2.95. The van der Waals surface area contributed by atoms with E-state index in [1.54, 1.807) is 0 Å². The fraction of sp³-hybridized carbons (Fsp3) is 0.250. The van der Waals surface area contributed by atoms with Gasteiger partial charge in [-0.3, -0.25) is 4.98 Å². The van der Waals surface area contributed by atoms with E-state index in [-0.39, 0.29) is 0 Å². The van der Waals surface area contributed by atoms with Gasteiger partial charge in [0.25, 0.3) is 0 Å². The maximum atomic E-state index is 4.14. The highest BCUT2D eigenvalue weighted by atomic mass is 79.9. The lowest BCUT2D eigenvalue weighted by atomic mass is 10.1. The molecular formula is C12H12BrN. The number of pyridine rings is 1. The van der Waals surface area contributed by atoms with Crippen molar-refractivity contribution in [3.63, 3.8) is 0 Å². The first-order chi connectivity index (χ1) is 6.81. The highest BCUT2D eigenvalue weighted by Crippen LogP contribution is 2.23. The number of fused-ring (bicyclic) bond motifs is 1. The van der Waals surface area contributed by atoms with Crippen LogP contribution in [0.5, 0.6) is 0 Å². The van der Waals surface area contributed by atoms with Gasteiger partial charge >= 0.3 is 0 Å². The molecule has 14 heavy (non-hydrogen) atoms. The van der Waals surface area contributed by atoms with Gasteiger partial charge in [-0.2, -0.15) is 0 Å². The number of hydrogen-bond acceptors (Lipinski definition) is 1. The van der Waals surface area contributed by atoms with Crippen LogP contribution in [0.3, 0.4) is 0 Å². The van der Waals surface area contributed by atoms with Crippen molar-refractivity contribution in [1.29, 1.82) is 0 Å². The third kappa shape index (κ3) is 1.80. The van der Waals surface area contributed by atoms with Crippen molar-refractivity contribution >= 4 is 26.7 Å². The van der Waals surface area contributed by atoms with Crippen LogP contribution >= 0.6 is 15.9 Å². The van der Waals surface area contributed by atoms with E-state index in [0.29, 0.717) is 0 Å². The molecule has 0 fully saturated rings. The fourth-order valence-electron chi connectivity index (χ4n) is 1.62. The van der Waals surface area contributed by atoms with E-state index in [1.807, 2.05) is 12.4 Å². The molecule has 0 saturated carbocycles. The van der Waals surface area contributed by atoms with Crippen molar-refractivity contribution in [2.75, 3.05) is 0 Å². The maximum Gasteiger partial charge on any atom is 0.0437 e. The van der Waals surface area contributed by atoms with Crippen LogP contribution in [0.1, 0.15) is 18.9 Å². The highest BCUT2D eigenvalue weighted by molar-refractivity contribution is 9.10. The standard InChI is InChI=1S/C12H12BrN/c1-2-3-9-4-5-10-7-14-8-12(13)11(10)6-9/h4-8H,2-3H2,1H3. The molecule has 0 aliphatic heterocycles. The van der Waals surface area contributed by atoms with Gasteiger partial charge in [0.15, 0.2) is 0 Å². The zero-order chi connectivity index (χ0) is 9.97. The molecule has 0 bridgehead atoms. The van der Waals surface area contributed by atoms with Gasteiger partial charge in [-0.1, -0.05) is 25.5 Å². The van der Waals surface area contributed by atoms with E-state index in [1.165, 1.54) is 22.8 Å². The molecule has 2 aromatic rings. The Labute approximate surface area is 92.3 Å². The second-order valence-corrected chi connectivity index (χ2v) is 4.28. The summed E-state index contributed by atoms with van der Waals surface area (Å²) in [7, 11) is 0. The van der Waals surface area contributed by atoms with Crippen molar-refractivity contribution < 1.29 is 0 Å². The predicted molar refractivity (Wildman–Crippen MR) is 63.4 cm³/mol. The number of halogens is 1. The Balaban J connectivity index is 2.58. The van der Waals surface area contributed by atoms with E-state index < -0.39 is 0 Å². The molecule has 1 nitrogen and oxygen atoms in total. The van der Waals surface area contributed by atoms with Crippen molar-refractivity contribution in [2.45, 2.75) is 19.8 Å². The van der Waals surface area contributed by atoms with Crippen molar-refractivity contribution in [2.24, 2.45) is 0 Å². The van der Waals surface area contributed by atoms with Gasteiger partial charge < -0.3 is 0 Å². The van der Waals surface area contributed by atoms with Crippen LogP contribution in [-0.2, 0) is 6.42 Å². The molecule has 72 valence electrons. The van der Waals surface area contributed by atoms with Crippen LogP contribution in [0.15, 0.2) is 35.1 Å². The Hall–Kier alpha value is -0.890. The highest BCUT2D eigenvalue weighted by Gasteiger charge is 1.99. The molecule has 0 radical (unpaired) electrons. The van der Waals surface area contributed by atoms with Gasteiger partial charge in [0.05, 0.1) is 0 Å². The summed E-state index contributed by atoms with van der Waals surface area (Å²) in [5, 5.41) is 2.45. The summed E-state index contributed by atoms with van der Waals surface area (Å²) < 4.78 is 1.08. The number of hydrogen-bond donors (Lipinski definition) is 0. The zero-order valence-corrected chi connectivity index (χ0v) is 9.71. The quantitative estimate of drug-likeness (QED) is 0.786. The van der Waals surface area contributed by atoms with Crippen LogP contribution in [0, 0.1) is 0 Å². The number of rotatable bonds is 2. The molecule has 0 unspecified atom stereocenters. The average molecular weight is 250 g/mol. The van der Waals surface area contributed by atoms with Crippen molar-refractivity contribution in [3.8, 4) is 0 Å². The Kier molecular flexibility index (Phi) is 2.82. The molecule has 0 atom stereocenters. The topological polar surface area (TPSA) is 12.9 Å². The number of nitrogens with zero attached hydrogens (tertiary/aromatic N) is 1. The van der Waals surface area contributed by atoms with E-state index in [2.05, 4.69) is 46.0 Å². The minimum absolute atomic E-state index is 1.08. The van der Waals surface area contributed by atoms with Crippen LogP contribution in [0.4, 0.5) is 0 Å². The summed E-state index contributed by atoms with van der Waals surface area (Å²) in [6.07, 6.45) is 6.08. The Morgan fingerprint density at radius 3 is 2.93 bits per heavy atom. The zero-order valence-electron chi connectivity index (χ0n) is 8.13. The number of aryl methyl sites for hydroxylation is 1. The van der Waals surface area contributed by atoms with Crippen molar-refractivity contribution in [3.05, 3.63) is 40.6 Å². The Morgan fingerprint density at radius 1 is 1.29 bits per heavy atom. The molecule has 0 spiro atoms. The molecule has 0 saturated heterocycles. The van der Waals surface area contributed by atoms with Crippen LogP contribution in [0.2, 0.25) is 0 Å². The second-order valence-electron chi connectivity index (χ2n) is 3.43. The summed E-state index contributed by atoms with van der Waals surface area (Å²) in [5.41, 5.74) is 1.40. The molecule has 0 N–H and O–H groups in total. The molecule has 2 heteroatoms. The summed E-state index contributed by atoms with van der Waals surface area (Å²) >= 11 is 3.52. The molecule has 1 heterocycles. The van der Waals surface area contributed by atoms with Gasteiger partial charge in [-0.25, -0.2) is 0 Å². The Morgan fingerprint density at radius 2 is 2.14 bits per heavy atom. The second kappa shape index (κ2) is 4.09. The van der Waals surface area contributed by atoms with E-state index in [9.17, 15) is 0 Å². The first-order valence-electron chi connectivity index (χ1n) is 4.83. The monoisotopic (exact) mass is 249 g/mol. The molecule has 1 aromatic carbocycles. The fourth-order valence-corrected chi connectivity index (χ4v) is 2.08. The lowest BCUT2D eigenvalue weighted by Crippen LogP contribution is -1.84. The minimum Gasteiger partial charge on any atom is -0.263 e. The van der Waals surface area contributed by atoms with Gasteiger partial charge in [0.2, 0.25) is 0 Å². The molecular weight excluding hydrogens is 238 g/mol. The van der Waals surface area contributed by atoms with Crippen LogP contribution in [-0.4, -0.2) is 4.98 Å². The number of aromatic nitrogens is 1. The molecule has 0 aliphatic rings. The Bertz CT molecular complexity index is 451. The molecule has 0 amide bonds. The first-order valence-corrected chi connectivity index (χ1v) is 5.62. The maximum absolute atomic E-state index is 4.14. The van der Waals surface area contributed by atoms with E-state index >= 15 is 0 Å². The third-order valence-electron chi connectivity index (χ3n) is 2.32. The van der Waals surface area contributed by atoms with E-state index in [0.717, 1.165) is 10.9 Å². The summed E-state index contributed by atoms with van der Waals surface area (Å²) in [6, 6.07) is 6.56. The largest absolute Gasteiger partial charge is 0.263 e. The van der Waals surface area contributed by atoms with Crippen molar-refractivity contribution in [1.82, 2.24) is 4.98 Å². The normalized spacial score (nSPS) is 10.7. The van der Waals surface area contributed by atoms with Gasteiger partial charge in [-0.05, 0) is 39.4 Å². The lowest BCUT2D eigenvalue weighted by molar-refractivity contribution is 0.923. The number of benzene rings is 1.